The highest BCUT2D eigenvalue weighted by Crippen LogP contribution is 2.29. The van der Waals surface area contributed by atoms with Gasteiger partial charge >= 0.3 is 6.09 Å². The van der Waals surface area contributed by atoms with E-state index < -0.39 is 23.9 Å². The number of hydrogen-bond donors (Lipinski definition) is 3. The number of hydrogen-bond acceptors (Lipinski definition) is 5. The van der Waals surface area contributed by atoms with Crippen molar-refractivity contribution in [3.63, 3.8) is 0 Å². The minimum atomic E-state index is -0.578. The molecule has 2 aromatic carbocycles. The Morgan fingerprint density at radius 2 is 1.97 bits per heavy atom. The summed E-state index contributed by atoms with van der Waals surface area (Å²) in [5.74, 6) is -1.11. The highest BCUT2D eigenvalue weighted by atomic mass is 19.1. The molecule has 1 saturated heterocycles. The van der Waals surface area contributed by atoms with Gasteiger partial charge in [-0.05, 0) is 29.3 Å². The van der Waals surface area contributed by atoms with Crippen LogP contribution in [0.1, 0.15) is 12.5 Å². The molecule has 1 aliphatic rings. The van der Waals surface area contributed by atoms with Crippen molar-refractivity contribution in [1.82, 2.24) is 10.6 Å². The highest BCUT2D eigenvalue weighted by molar-refractivity contribution is 5.90. The van der Waals surface area contributed by atoms with Crippen LogP contribution in [-0.4, -0.2) is 43.6 Å². The topological polar surface area (TPSA) is 114 Å². The zero-order chi connectivity index (χ0) is 21.7. The molecule has 2 aromatic rings. The molecule has 0 bridgehead atoms. The average molecular weight is 414 g/mol. The van der Waals surface area contributed by atoms with E-state index in [-0.39, 0.29) is 25.5 Å². The number of carbonyl (C=O) groups is 3. The number of halogens is 1. The monoisotopic (exact) mass is 414 g/mol. The predicted octanol–water partition coefficient (Wildman–Crippen LogP) is 1.53. The number of nitrogens with zero attached hydrogens (tertiary/aromatic N) is 1. The number of nitrogens with two attached hydrogens (primary N) is 1. The first-order valence-corrected chi connectivity index (χ1v) is 9.44. The lowest BCUT2D eigenvalue weighted by Gasteiger charge is -2.15. The summed E-state index contributed by atoms with van der Waals surface area (Å²) in [6.07, 6.45) is -1.06. The van der Waals surface area contributed by atoms with Gasteiger partial charge in [0.2, 0.25) is 11.8 Å². The second-order valence-electron chi connectivity index (χ2n) is 6.98. The lowest BCUT2D eigenvalue weighted by atomic mass is 10.0. The van der Waals surface area contributed by atoms with Crippen molar-refractivity contribution in [3.05, 3.63) is 53.8 Å². The van der Waals surface area contributed by atoms with E-state index in [1.165, 1.54) is 17.9 Å². The molecule has 30 heavy (non-hydrogen) atoms. The standard InChI is InChI=1S/C21H23FN4O4/c1-13(27)25-10-17-12-26(21(29)30-17)16-6-7-18(19(22)8-16)15-4-2-14(3-5-15)9-24-11-20(23)28/h2-8,17,24H,9-12H2,1H3,(H2,23,28)(H,25,27). The maximum absolute atomic E-state index is 14.8. The van der Waals surface area contributed by atoms with Gasteiger partial charge in [0.05, 0.1) is 25.3 Å². The smallest absolute Gasteiger partial charge is 0.414 e. The van der Waals surface area contributed by atoms with Crippen molar-refractivity contribution in [3.8, 4) is 11.1 Å². The van der Waals surface area contributed by atoms with Gasteiger partial charge in [-0.25, -0.2) is 9.18 Å². The van der Waals surface area contributed by atoms with E-state index >= 15 is 0 Å². The molecule has 158 valence electrons. The van der Waals surface area contributed by atoms with Crippen molar-refractivity contribution in [1.29, 1.82) is 0 Å². The summed E-state index contributed by atoms with van der Waals surface area (Å²) in [4.78, 5) is 35.2. The Morgan fingerprint density at radius 3 is 2.60 bits per heavy atom. The van der Waals surface area contributed by atoms with E-state index in [4.69, 9.17) is 10.5 Å². The largest absolute Gasteiger partial charge is 0.442 e. The van der Waals surface area contributed by atoms with Crippen LogP contribution in [0, 0.1) is 5.82 Å². The average Bonchev–Trinajstić information content (AvgIpc) is 3.07. The maximum Gasteiger partial charge on any atom is 0.414 e. The zero-order valence-corrected chi connectivity index (χ0v) is 16.5. The molecular formula is C21H23FN4O4. The predicted molar refractivity (Wildman–Crippen MR) is 109 cm³/mol. The summed E-state index contributed by atoms with van der Waals surface area (Å²) in [5.41, 5.74) is 7.49. The van der Waals surface area contributed by atoms with Gasteiger partial charge in [-0.2, -0.15) is 0 Å². The second-order valence-corrected chi connectivity index (χ2v) is 6.98. The van der Waals surface area contributed by atoms with Crippen molar-refractivity contribution in [2.24, 2.45) is 5.73 Å². The molecule has 4 N–H and O–H groups in total. The van der Waals surface area contributed by atoms with Crippen molar-refractivity contribution in [2.75, 3.05) is 24.5 Å². The van der Waals surface area contributed by atoms with Crippen LogP contribution in [-0.2, 0) is 20.9 Å². The van der Waals surface area contributed by atoms with Crippen LogP contribution in [0.4, 0.5) is 14.9 Å². The number of nitrogens with one attached hydrogen (secondary N) is 2. The fourth-order valence-electron chi connectivity index (χ4n) is 3.13. The first kappa shape index (κ1) is 21.3. The van der Waals surface area contributed by atoms with Crippen LogP contribution in [0.15, 0.2) is 42.5 Å². The van der Waals surface area contributed by atoms with Crippen molar-refractivity contribution in [2.45, 2.75) is 19.6 Å². The number of benzene rings is 2. The number of ether oxygens (including phenoxy) is 1. The fraction of sp³-hybridized carbons (Fsp3) is 0.286. The Balaban J connectivity index is 1.67. The number of carbonyl (C=O) groups excluding carboxylic acids is 3. The van der Waals surface area contributed by atoms with E-state index in [1.54, 1.807) is 24.3 Å². The van der Waals surface area contributed by atoms with Gasteiger partial charge in [0, 0.05) is 19.0 Å². The molecule has 1 unspecified atom stereocenters. The molecule has 9 heteroatoms. The van der Waals surface area contributed by atoms with Crippen molar-refractivity contribution < 1.29 is 23.5 Å². The number of anilines is 1. The van der Waals surface area contributed by atoms with Gasteiger partial charge in [-0.15, -0.1) is 0 Å². The van der Waals surface area contributed by atoms with Crippen LogP contribution >= 0.6 is 0 Å². The summed E-state index contributed by atoms with van der Waals surface area (Å²) in [6.45, 7) is 2.38. The van der Waals surface area contributed by atoms with Gasteiger partial charge in [0.25, 0.3) is 0 Å². The molecule has 0 aliphatic carbocycles. The Kier molecular flexibility index (Phi) is 6.63. The molecule has 1 aliphatic heterocycles. The van der Waals surface area contributed by atoms with E-state index in [9.17, 15) is 18.8 Å². The molecular weight excluding hydrogens is 391 g/mol. The SMILES string of the molecule is CC(=O)NCC1CN(c2ccc(-c3ccc(CNCC(N)=O)cc3)c(F)c2)C(=O)O1. The van der Waals surface area contributed by atoms with Crippen LogP contribution in [0.2, 0.25) is 0 Å². The fourth-order valence-corrected chi connectivity index (χ4v) is 3.13. The highest BCUT2D eigenvalue weighted by Gasteiger charge is 2.32. The Bertz CT molecular complexity index is 949. The normalized spacial score (nSPS) is 15.7. The number of primary amides is 1. The summed E-state index contributed by atoms with van der Waals surface area (Å²) in [7, 11) is 0. The summed E-state index contributed by atoms with van der Waals surface area (Å²) < 4.78 is 20.0. The lowest BCUT2D eigenvalue weighted by molar-refractivity contribution is -0.119. The third kappa shape index (κ3) is 5.32. The molecule has 0 saturated carbocycles. The summed E-state index contributed by atoms with van der Waals surface area (Å²) >= 11 is 0. The molecule has 0 aromatic heterocycles. The van der Waals surface area contributed by atoms with Crippen LogP contribution < -0.4 is 21.3 Å². The Morgan fingerprint density at radius 1 is 1.23 bits per heavy atom. The van der Waals surface area contributed by atoms with Crippen LogP contribution in [0.25, 0.3) is 11.1 Å². The third-order valence-electron chi connectivity index (χ3n) is 4.61. The molecule has 1 fully saturated rings. The van der Waals surface area contributed by atoms with E-state index in [0.717, 1.165) is 5.56 Å². The van der Waals surface area contributed by atoms with Crippen LogP contribution in [0.3, 0.4) is 0 Å². The molecule has 0 radical (unpaired) electrons. The molecule has 3 amide bonds. The van der Waals surface area contributed by atoms with E-state index in [1.807, 2.05) is 12.1 Å². The van der Waals surface area contributed by atoms with Gasteiger partial charge in [-0.3, -0.25) is 14.5 Å². The molecule has 0 spiro atoms. The number of rotatable bonds is 8. The molecule has 1 heterocycles. The molecule has 3 rings (SSSR count). The number of amides is 3. The summed E-state index contributed by atoms with van der Waals surface area (Å²) in [5, 5.41) is 5.51. The van der Waals surface area contributed by atoms with E-state index in [2.05, 4.69) is 10.6 Å². The lowest BCUT2D eigenvalue weighted by Crippen LogP contribution is -2.33. The first-order chi connectivity index (χ1) is 14.3. The third-order valence-corrected chi connectivity index (χ3v) is 4.61. The molecule has 8 nitrogen and oxygen atoms in total. The van der Waals surface area contributed by atoms with Crippen LogP contribution in [0.5, 0.6) is 0 Å². The minimum Gasteiger partial charge on any atom is -0.442 e. The zero-order valence-electron chi connectivity index (χ0n) is 16.5. The van der Waals surface area contributed by atoms with Gasteiger partial charge in [0.1, 0.15) is 11.9 Å². The minimum absolute atomic E-state index is 0.0858. The number of cyclic esters (lactones) is 1. The Hall–Kier alpha value is -3.46. The summed E-state index contributed by atoms with van der Waals surface area (Å²) in [6, 6.07) is 11.8. The quantitative estimate of drug-likeness (QED) is 0.606. The maximum atomic E-state index is 14.8. The molecule has 1 atom stereocenters. The van der Waals surface area contributed by atoms with Gasteiger partial charge in [-0.1, -0.05) is 24.3 Å². The first-order valence-electron chi connectivity index (χ1n) is 9.44. The van der Waals surface area contributed by atoms with Gasteiger partial charge < -0.3 is 21.1 Å². The van der Waals surface area contributed by atoms with E-state index in [0.29, 0.717) is 23.4 Å². The van der Waals surface area contributed by atoms with Crippen molar-refractivity contribution >= 4 is 23.6 Å². The van der Waals surface area contributed by atoms with Gasteiger partial charge in [0.15, 0.2) is 0 Å². The second kappa shape index (κ2) is 9.36. The Labute approximate surface area is 173 Å².